The molecule has 0 spiro atoms. The van der Waals surface area contributed by atoms with E-state index in [4.69, 9.17) is 4.98 Å². The van der Waals surface area contributed by atoms with E-state index in [1.54, 1.807) is 4.57 Å². The van der Waals surface area contributed by atoms with E-state index in [2.05, 4.69) is 38.2 Å². The Morgan fingerprint density at radius 2 is 1.69 bits per heavy atom. The zero-order valence-electron chi connectivity index (χ0n) is 22.8. The Labute approximate surface area is 215 Å². The summed E-state index contributed by atoms with van der Waals surface area (Å²) in [6.45, 7) is 12.9. The number of nitrogens with one attached hydrogen (secondary N) is 1. The molecule has 1 unspecified atom stereocenters. The minimum atomic E-state index is -0.372. The number of unbranched alkanes of at least 4 members (excludes halogenated alkanes) is 3. The molecule has 0 radical (unpaired) electrons. The quantitative estimate of drug-likeness (QED) is 0.318. The van der Waals surface area contributed by atoms with Crippen molar-refractivity contribution < 1.29 is 4.79 Å². The Hall–Kier alpha value is -3.15. The molecule has 0 aliphatic heterocycles. The SMILES string of the molecule is CCCCCCN(C(=O)NC(C)(C)C)C(CC)c1nc2ccccc2c(=O)n1-c1ccc(CC)cc1. The summed E-state index contributed by atoms with van der Waals surface area (Å²) in [5.74, 6) is 0.602. The predicted molar refractivity (Wildman–Crippen MR) is 149 cm³/mol. The van der Waals surface area contributed by atoms with Gasteiger partial charge in [-0.3, -0.25) is 9.36 Å². The van der Waals surface area contributed by atoms with E-state index in [0.29, 0.717) is 29.7 Å². The lowest BCUT2D eigenvalue weighted by molar-refractivity contribution is 0.158. The number of para-hydroxylation sites is 1. The molecule has 0 aliphatic rings. The highest BCUT2D eigenvalue weighted by atomic mass is 16.2. The number of hydrogen-bond donors (Lipinski definition) is 1. The normalized spacial score (nSPS) is 12.5. The minimum Gasteiger partial charge on any atom is -0.333 e. The van der Waals surface area contributed by atoms with Gasteiger partial charge in [-0.2, -0.15) is 0 Å². The Morgan fingerprint density at radius 3 is 2.31 bits per heavy atom. The van der Waals surface area contributed by atoms with E-state index in [1.807, 2.05) is 62.1 Å². The second-order valence-electron chi connectivity index (χ2n) is 10.5. The van der Waals surface area contributed by atoms with Crippen molar-refractivity contribution in [3.05, 3.63) is 70.3 Å². The molecular formula is C30H42N4O2. The van der Waals surface area contributed by atoms with Gasteiger partial charge in [0.25, 0.3) is 5.56 Å². The number of hydrogen-bond acceptors (Lipinski definition) is 3. The van der Waals surface area contributed by atoms with Crippen LogP contribution in [-0.4, -0.2) is 32.6 Å². The second kappa shape index (κ2) is 12.2. The first-order chi connectivity index (χ1) is 17.2. The van der Waals surface area contributed by atoms with E-state index in [9.17, 15) is 9.59 Å². The summed E-state index contributed by atoms with van der Waals surface area (Å²) < 4.78 is 1.71. The van der Waals surface area contributed by atoms with E-state index in [-0.39, 0.29) is 23.2 Å². The summed E-state index contributed by atoms with van der Waals surface area (Å²) >= 11 is 0. The summed E-state index contributed by atoms with van der Waals surface area (Å²) in [4.78, 5) is 34.3. The Balaban J connectivity index is 2.18. The van der Waals surface area contributed by atoms with Crippen LogP contribution in [0.1, 0.15) is 91.1 Å². The first-order valence-corrected chi connectivity index (χ1v) is 13.4. The lowest BCUT2D eigenvalue weighted by atomic mass is 10.1. The van der Waals surface area contributed by atoms with Crippen LogP contribution in [0, 0.1) is 0 Å². The molecule has 194 valence electrons. The van der Waals surface area contributed by atoms with Gasteiger partial charge < -0.3 is 10.2 Å². The Bertz CT molecular complexity index is 1210. The molecule has 1 heterocycles. The number of fused-ring (bicyclic) bond motifs is 1. The molecule has 2 aromatic carbocycles. The van der Waals surface area contributed by atoms with Crippen molar-refractivity contribution in [3.8, 4) is 5.69 Å². The fourth-order valence-corrected chi connectivity index (χ4v) is 4.55. The maximum Gasteiger partial charge on any atom is 0.318 e. The van der Waals surface area contributed by atoms with Gasteiger partial charge in [0.15, 0.2) is 0 Å². The third-order valence-electron chi connectivity index (χ3n) is 6.46. The van der Waals surface area contributed by atoms with Crippen molar-refractivity contribution in [2.75, 3.05) is 6.54 Å². The number of carbonyl (C=O) groups excluding carboxylic acids is 1. The lowest BCUT2D eigenvalue weighted by Crippen LogP contribution is -2.50. The highest BCUT2D eigenvalue weighted by molar-refractivity contribution is 5.78. The van der Waals surface area contributed by atoms with E-state index >= 15 is 0 Å². The average Bonchev–Trinajstić information content (AvgIpc) is 2.85. The van der Waals surface area contributed by atoms with Crippen molar-refractivity contribution in [3.63, 3.8) is 0 Å². The predicted octanol–water partition coefficient (Wildman–Crippen LogP) is 6.79. The smallest absolute Gasteiger partial charge is 0.318 e. The van der Waals surface area contributed by atoms with E-state index in [0.717, 1.165) is 37.8 Å². The molecule has 6 nitrogen and oxygen atoms in total. The van der Waals surface area contributed by atoms with Crippen LogP contribution in [-0.2, 0) is 6.42 Å². The molecular weight excluding hydrogens is 448 g/mol. The molecule has 0 fully saturated rings. The van der Waals surface area contributed by atoms with Crippen molar-refractivity contribution in [1.82, 2.24) is 19.8 Å². The summed E-state index contributed by atoms with van der Waals surface area (Å²) in [5, 5.41) is 3.72. The highest BCUT2D eigenvalue weighted by Gasteiger charge is 2.30. The molecule has 3 rings (SSSR count). The fourth-order valence-electron chi connectivity index (χ4n) is 4.55. The zero-order valence-corrected chi connectivity index (χ0v) is 22.8. The van der Waals surface area contributed by atoms with Crippen molar-refractivity contribution in [2.24, 2.45) is 0 Å². The Morgan fingerprint density at radius 1 is 1.00 bits per heavy atom. The summed E-state index contributed by atoms with van der Waals surface area (Å²) in [5.41, 5.74) is 2.14. The van der Waals surface area contributed by atoms with Gasteiger partial charge in [0, 0.05) is 12.1 Å². The molecule has 36 heavy (non-hydrogen) atoms. The number of amides is 2. The molecule has 1 N–H and O–H groups in total. The van der Waals surface area contributed by atoms with Gasteiger partial charge in [-0.05, 0) is 69.9 Å². The first kappa shape index (κ1) is 27.4. The maximum absolute atomic E-state index is 13.8. The lowest BCUT2D eigenvalue weighted by Gasteiger charge is -2.35. The van der Waals surface area contributed by atoms with Gasteiger partial charge in [0.2, 0.25) is 0 Å². The van der Waals surface area contributed by atoms with Crippen LogP contribution in [0.3, 0.4) is 0 Å². The van der Waals surface area contributed by atoms with Crippen molar-refractivity contribution >= 4 is 16.9 Å². The highest BCUT2D eigenvalue weighted by Crippen LogP contribution is 2.27. The van der Waals surface area contributed by atoms with Crippen LogP contribution in [0.5, 0.6) is 0 Å². The summed E-state index contributed by atoms with van der Waals surface area (Å²) in [6.07, 6.45) is 5.80. The van der Waals surface area contributed by atoms with Crippen molar-refractivity contribution in [2.45, 2.75) is 91.6 Å². The van der Waals surface area contributed by atoms with E-state index < -0.39 is 0 Å². The number of aryl methyl sites for hydroxylation is 1. The van der Waals surface area contributed by atoms with Crippen LogP contribution >= 0.6 is 0 Å². The molecule has 3 aromatic rings. The van der Waals surface area contributed by atoms with Crippen LogP contribution < -0.4 is 10.9 Å². The van der Waals surface area contributed by atoms with Gasteiger partial charge in [0.1, 0.15) is 5.82 Å². The number of nitrogens with zero attached hydrogens (tertiary/aromatic N) is 3. The number of carbonyl (C=O) groups is 1. The van der Waals surface area contributed by atoms with Gasteiger partial charge in [0.05, 0.1) is 22.6 Å². The van der Waals surface area contributed by atoms with Gasteiger partial charge >= 0.3 is 6.03 Å². The molecule has 2 amide bonds. The van der Waals surface area contributed by atoms with Crippen LogP contribution in [0.15, 0.2) is 53.3 Å². The molecule has 0 saturated carbocycles. The zero-order chi connectivity index (χ0) is 26.3. The number of benzene rings is 2. The van der Waals surface area contributed by atoms with Crippen LogP contribution in [0.2, 0.25) is 0 Å². The Kier molecular flexibility index (Phi) is 9.30. The topological polar surface area (TPSA) is 67.2 Å². The molecule has 6 heteroatoms. The molecule has 1 atom stereocenters. The molecule has 0 aliphatic carbocycles. The van der Waals surface area contributed by atoms with Gasteiger partial charge in [-0.15, -0.1) is 0 Å². The third kappa shape index (κ3) is 6.54. The molecule has 0 bridgehead atoms. The summed E-state index contributed by atoms with van der Waals surface area (Å²) in [6, 6.07) is 15.0. The van der Waals surface area contributed by atoms with Crippen LogP contribution in [0.4, 0.5) is 4.79 Å². The average molecular weight is 491 g/mol. The van der Waals surface area contributed by atoms with Gasteiger partial charge in [-0.25, -0.2) is 9.78 Å². The van der Waals surface area contributed by atoms with E-state index in [1.165, 1.54) is 5.56 Å². The number of aromatic nitrogens is 2. The largest absolute Gasteiger partial charge is 0.333 e. The standard InChI is InChI=1S/C30H42N4O2/c1-7-10-11-14-21-33(29(36)32-30(4,5)6)26(9-3)27-31-25-16-13-12-15-24(25)28(35)34(27)23-19-17-22(8-2)18-20-23/h12-13,15-20,26H,7-11,14,21H2,1-6H3,(H,32,36). The second-order valence-corrected chi connectivity index (χ2v) is 10.5. The first-order valence-electron chi connectivity index (χ1n) is 13.4. The summed E-state index contributed by atoms with van der Waals surface area (Å²) in [7, 11) is 0. The molecule has 1 aromatic heterocycles. The number of rotatable bonds is 10. The maximum atomic E-state index is 13.8. The minimum absolute atomic E-state index is 0.111. The third-order valence-corrected chi connectivity index (χ3v) is 6.46. The fraction of sp³-hybridized carbons (Fsp3) is 0.500. The van der Waals surface area contributed by atoms with Gasteiger partial charge in [-0.1, -0.05) is 64.3 Å². The van der Waals surface area contributed by atoms with Crippen LogP contribution in [0.25, 0.3) is 16.6 Å². The monoisotopic (exact) mass is 490 g/mol. The molecule has 0 saturated heterocycles. The van der Waals surface area contributed by atoms with Crippen molar-refractivity contribution in [1.29, 1.82) is 0 Å². The number of urea groups is 1.